The summed E-state index contributed by atoms with van der Waals surface area (Å²) in [7, 11) is 0. The van der Waals surface area contributed by atoms with Gasteiger partial charge in [-0.3, -0.25) is 4.79 Å². The molecule has 86 valence electrons. The third kappa shape index (κ3) is 1.39. The molecule has 1 atom stereocenters. The van der Waals surface area contributed by atoms with Crippen LogP contribution in [0.4, 0.5) is 26.3 Å². The van der Waals surface area contributed by atoms with Crippen molar-refractivity contribution in [1.29, 1.82) is 0 Å². The number of nitrogens with two attached hydrogens (primary N) is 1. The van der Waals surface area contributed by atoms with Crippen LogP contribution in [0.2, 0.25) is 0 Å². The molecule has 0 saturated heterocycles. The number of ether oxygens (including phenoxy) is 1. The number of amidine groups is 1. The van der Waals surface area contributed by atoms with E-state index in [1.807, 2.05) is 0 Å². The minimum Gasteiger partial charge on any atom is -0.413 e. The standard InChI is InChI=1S/C5H2F6N2O2/c6-3(1(14)13-2(12)15-3)4(7,8)5(9,10)11/h(H2,12,13,14). The van der Waals surface area contributed by atoms with E-state index in [2.05, 4.69) is 15.5 Å². The van der Waals surface area contributed by atoms with Gasteiger partial charge in [0.25, 0.3) is 6.02 Å². The molecule has 2 N–H and O–H groups in total. The third-order valence-corrected chi connectivity index (χ3v) is 1.49. The Morgan fingerprint density at radius 1 is 1.27 bits per heavy atom. The van der Waals surface area contributed by atoms with Crippen molar-refractivity contribution in [2.24, 2.45) is 10.7 Å². The molecule has 0 fully saturated rings. The molecule has 0 radical (unpaired) electrons. The third-order valence-electron chi connectivity index (χ3n) is 1.49. The predicted octanol–water partition coefficient (Wildman–Crippen LogP) is 0.721. The number of amides is 1. The molecular weight excluding hydrogens is 234 g/mol. The molecule has 1 amide bonds. The lowest BCUT2D eigenvalue weighted by molar-refractivity contribution is -0.353. The molecule has 1 heterocycles. The van der Waals surface area contributed by atoms with Crippen molar-refractivity contribution < 1.29 is 35.9 Å². The molecule has 0 spiro atoms. The molecule has 0 aromatic rings. The van der Waals surface area contributed by atoms with Gasteiger partial charge in [0.05, 0.1) is 0 Å². The number of nitrogens with zero attached hydrogens (tertiary/aromatic N) is 1. The summed E-state index contributed by atoms with van der Waals surface area (Å²) < 4.78 is 76.4. The maximum absolute atomic E-state index is 13.0. The van der Waals surface area contributed by atoms with Gasteiger partial charge >= 0.3 is 23.9 Å². The Kier molecular flexibility index (Phi) is 2.14. The molecule has 15 heavy (non-hydrogen) atoms. The van der Waals surface area contributed by atoms with Crippen molar-refractivity contribution >= 4 is 11.9 Å². The Bertz CT molecular complexity index is 337. The number of hydrogen-bond acceptors (Lipinski definition) is 3. The normalized spacial score (nSPS) is 27.6. The minimum atomic E-state index is -6.29. The fourth-order valence-electron chi connectivity index (χ4n) is 0.763. The zero-order valence-corrected chi connectivity index (χ0v) is 6.61. The van der Waals surface area contributed by atoms with E-state index in [0.717, 1.165) is 0 Å². The summed E-state index contributed by atoms with van der Waals surface area (Å²) in [5.41, 5.74) is 4.51. The summed E-state index contributed by atoms with van der Waals surface area (Å²) in [4.78, 5) is 12.8. The van der Waals surface area contributed by atoms with Crippen LogP contribution in [0.25, 0.3) is 0 Å². The maximum Gasteiger partial charge on any atom is 0.461 e. The van der Waals surface area contributed by atoms with Gasteiger partial charge in [-0.15, -0.1) is 0 Å². The van der Waals surface area contributed by atoms with Crippen LogP contribution in [0, 0.1) is 0 Å². The van der Waals surface area contributed by atoms with E-state index in [1.54, 1.807) is 0 Å². The Hall–Kier alpha value is -1.48. The number of carbonyl (C=O) groups excluding carboxylic acids is 1. The minimum absolute atomic E-state index is 1.38. The summed E-state index contributed by atoms with van der Waals surface area (Å²) in [6.07, 6.45) is -6.29. The molecule has 1 rings (SSSR count). The van der Waals surface area contributed by atoms with Crippen LogP contribution >= 0.6 is 0 Å². The van der Waals surface area contributed by atoms with Crippen molar-refractivity contribution in [1.82, 2.24) is 0 Å². The second-order valence-corrected chi connectivity index (χ2v) is 2.52. The number of alkyl halides is 6. The smallest absolute Gasteiger partial charge is 0.413 e. The van der Waals surface area contributed by atoms with Crippen LogP contribution in [0.1, 0.15) is 0 Å². The first-order valence-corrected chi connectivity index (χ1v) is 3.23. The lowest BCUT2D eigenvalue weighted by atomic mass is 10.1. The Morgan fingerprint density at radius 2 is 1.73 bits per heavy atom. The van der Waals surface area contributed by atoms with E-state index >= 15 is 0 Å². The van der Waals surface area contributed by atoms with Crippen molar-refractivity contribution in [2.45, 2.75) is 18.0 Å². The Balaban J connectivity index is 3.14. The van der Waals surface area contributed by atoms with Crippen LogP contribution in [0.5, 0.6) is 0 Å². The molecule has 0 saturated carbocycles. The van der Waals surface area contributed by atoms with Gasteiger partial charge in [-0.1, -0.05) is 0 Å². The molecule has 0 bridgehead atoms. The summed E-state index contributed by atoms with van der Waals surface area (Å²) in [6, 6.07) is -1.38. The van der Waals surface area contributed by atoms with Crippen LogP contribution in [0.3, 0.4) is 0 Å². The molecule has 4 nitrogen and oxygen atoms in total. The van der Waals surface area contributed by atoms with Crippen molar-refractivity contribution in [2.75, 3.05) is 0 Å². The summed E-state index contributed by atoms with van der Waals surface area (Å²) in [5, 5.41) is 0. The van der Waals surface area contributed by atoms with Gasteiger partial charge < -0.3 is 10.5 Å². The highest BCUT2D eigenvalue weighted by Gasteiger charge is 2.79. The van der Waals surface area contributed by atoms with Crippen molar-refractivity contribution in [3.05, 3.63) is 0 Å². The number of rotatable bonds is 1. The molecule has 0 aromatic carbocycles. The fourth-order valence-corrected chi connectivity index (χ4v) is 0.763. The SMILES string of the molecule is NC1=NC(=O)C(F)(C(F)(F)C(F)(F)F)O1. The van der Waals surface area contributed by atoms with Gasteiger partial charge in [-0.25, -0.2) is 0 Å². The fraction of sp³-hybridized carbons (Fsp3) is 0.600. The highest BCUT2D eigenvalue weighted by Crippen LogP contribution is 2.48. The number of carbonyl (C=O) groups is 1. The lowest BCUT2D eigenvalue weighted by Gasteiger charge is -2.27. The second kappa shape index (κ2) is 2.76. The molecule has 0 aromatic heterocycles. The number of hydrogen-bond donors (Lipinski definition) is 1. The first-order valence-electron chi connectivity index (χ1n) is 3.23. The first-order chi connectivity index (χ1) is 6.52. The summed E-state index contributed by atoms with van der Waals surface area (Å²) in [5.74, 6) is -13.4. The van der Waals surface area contributed by atoms with Gasteiger partial charge in [-0.2, -0.15) is 31.3 Å². The highest BCUT2D eigenvalue weighted by atomic mass is 19.4. The molecular formula is C5H2F6N2O2. The van der Waals surface area contributed by atoms with Crippen molar-refractivity contribution in [3.63, 3.8) is 0 Å². The summed E-state index contributed by atoms with van der Waals surface area (Å²) in [6.45, 7) is 0. The average molecular weight is 236 g/mol. The second-order valence-electron chi connectivity index (χ2n) is 2.52. The quantitative estimate of drug-likeness (QED) is 0.682. The zero-order chi connectivity index (χ0) is 12.1. The zero-order valence-electron chi connectivity index (χ0n) is 6.61. The lowest BCUT2D eigenvalue weighted by Crippen LogP contribution is -2.58. The Labute approximate surface area is 77.7 Å². The number of aliphatic imine (C=N–C) groups is 1. The van der Waals surface area contributed by atoms with E-state index in [9.17, 15) is 31.1 Å². The van der Waals surface area contributed by atoms with Gasteiger partial charge in [0, 0.05) is 0 Å². The molecule has 1 aliphatic heterocycles. The average Bonchev–Trinajstić information content (AvgIpc) is 2.24. The van der Waals surface area contributed by atoms with E-state index in [0.29, 0.717) is 0 Å². The molecule has 0 aliphatic carbocycles. The van der Waals surface area contributed by atoms with Gasteiger partial charge in [0.15, 0.2) is 0 Å². The molecule has 1 aliphatic rings. The van der Waals surface area contributed by atoms with Crippen LogP contribution in [0.15, 0.2) is 4.99 Å². The van der Waals surface area contributed by atoms with Crippen LogP contribution in [-0.2, 0) is 9.53 Å². The van der Waals surface area contributed by atoms with E-state index in [1.165, 1.54) is 0 Å². The summed E-state index contributed by atoms with van der Waals surface area (Å²) >= 11 is 0. The molecule has 10 heteroatoms. The Morgan fingerprint density at radius 3 is 2.00 bits per heavy atom. The largest absolute Gasteiger partial charge is 0.461 e. The monoisotopic (exact) mass is 236 g/mol. The topological polar surface area (TPSA) is 64.7 Å². The van der Waals surface area contributed by atoms with E-state index < -0.39 is 29.9 Å². The molecule has 1 unspecified atom stereocenters. The van der Waals surface area contributed by atoms with Crippen LogP contribution in [-0.4, -0.2) is 29.9 Å². The van der Waals surface area contributed by atoms with Gasteiger partial charge in [-0.05, 0) is 0 Å². The van der Waals surface area contributed by atoms with Gasteiger partial charge in [0.2, 0.25) is 0 Å². The predicted molar refractivity (Wildman–Crippen MR) is 32.6 cm³/mol. The van der Waals surface area contributed by atoms with E-state index in [4.69, 9.17) is 0 Å². The van der Waals surface area contributed by atoms with Gasteiger partial charge in [0.1, 0.15) is 0 Å². The van der Waals surface area contributed by atoms with Crippen molar-refractivity contribution in [3.8, 4) is 0 Å². The number of halogens is 6. The maximum atomic E-state index is 13.0. The van der Waals surface area contributed by atoms with Crippen LogP contribution < -0.4 is 5.73 Å². The highest BCUT2D eigenvalue weighted by molar-refractivity contribution is 6.00. The van der Waals surface area contributed by atoms with E-state index in [-0.39, 0.29) is 0 Å². The first kappa shape index (κ1) is 11.6.